The van der Waals surface area contributed by atoms with E-state index in [-0.39, 0.29) is 11.0 Å². The van der Waals surface area contributed by atoms with Gasteiger partial charge < -0.3 is 9.84 Å². The molecule has 18 heavy (non-hydrogen) atoms. The van der Waals surface area contributed by atoms with E-state index in [9.17, 15) is 13.5 Å². The van der Waals surface area contributed by atoms with Crippen molar-refractivity contribution in [2.75, 3.05) is 6.26 Å². The fourth-order valence-electron chi connectivity index (χ4n) is 2.15. The molecule has 0 spiro atoms. The Labute approximate surface area is 108 Å². The summed E-state index contributed by atoms with van der Waals surface area (Å²) in [4.78, 5) is 0.277. The van der Waals surface area contributed by atoms with Crippen LogP contribution >= 0.6 is 0 Å². The molecule has 1 aromatic carbocycles. The van der Waals surface area contributed by atoms with Gasteiger partial charge in [0.15, 0.2) is 9.84 Å². The van der Waals surface area contributed by atoms with Crippen molar-refractivity contribution in [1.82, 2.24) is 0 Å². The van der Waals surface area contributed by atoms with E-state index in [0.29, 0.717) is 5.75 Å². The van der Waals surface area contributed by atoms with Gasteiger partial charge in [0.25, 0.3) is 0 Å². The van der Waals surface area contributed by atoms with Crippen LogP contribution < -0.4 is 4.74 Å². The highest BCUT2D eigenvalue weighted by Gasteiger charge is 2.24. The molecule has 0 bridgehead atoms. The smallest absolute Gasteiger partial charge is 0.175 e. The second kappa shape index (κ2) is 5.28. The number of hydrogen-bond acceptors (Lipinski definition) is 4. The highest BCUT2D eigenvalue weighted by atomic mass is 32.2. The fourth-order valence-corrected chi connectivity index (χ4v) is 2.79. The first-order valence-corrected chi connectivity index (χ1v) is 8.01. The summed E-state index contributed by atoms with van der Waals surface area (Å²) in [7, 11) is -3.17. The topological polar surface area (TPSA) is 63.6 Å². The molecule has 1 saturated carbocycles. The molecule has 0 heterocycles. The van der Waals surface area contributed by atoms with E-state index in [1.807, 2.05) is 0 Å². The number of sulfone groups is 1. The molecule has 100 valence electrons. The normalized spacial score (nSPS) is 24.8. The Balaban J connectivity index is 2.06. The van der Waals surface area contributed by atoms with Crippen LogP contribution in [0.2, 0.25) is 0 Å². The van der Waals surface area contributed by atoms with Crippen molar-refractivity contribution in [3.8, 4) is 5.75 Å². The van der Waals surface area contributed by atoms with E-state index >= 15 is 0 Å². The van der Waals surface area contributed by atoms with Gasteiger partial charge in [0, 0.05) is 6.26 Å². The second-order valence-electron chi connectivity index (χ2n) is 4.75. The maximum Gasteiger partial charge on any atom is 0.175 e. The van der Waals surface area contributed by atoms with Gasteiger partial charge in [0.05, 0.1) is 11.0 Å². The zero-order valence-electron chi connectivity index (χ0n) is 10.4. The molecule has 1 fully saturated rings. The number of benzene rings is 1. The van der Waals surface area contributed by atoms with Gasteiger partial charge in [-0.25, -0.2) is 8.42 Å². The average Bonchev–Trinajstić information content (AvgIpc) is 2.32. The predicted molar refractivity (Wildman–Crippen MR) is 68.4 cm³/mol. The van der Waals surface area contributed by atoms with Gasteiger partial charge in [0.2, 0.25) is 0 Å². The summed E-state index contributed by atoms with van der Waals surface area (Å²) in [6, 6.07) is 6.33. The molecule has 4 nitrogen and oxygen atoms in total. The number of aliphatic hydroxyl groups excluding tert-OH is 1. The van der Waals surface area contributed by atoms with Crippen LogP contribution in [0.1, 0.15) is 25.7 Å². The van der Waals surface area contributed by atoms with Crippen LogP contribution in [-0.4, -0.2) is 32.0 Å². The van der Waals surface area contributed by atoms with Gasteiger partial charge in [-0.3, -0.25) is 0 Å². The fraction of sp³-hybridized carbons (Fsp3) is 0.538. The molecular formula is C13H18O4S. The van der Waals surface area contributed by atoms with E-state index in [4.69, 9.17) is 4.74 Å². The highest BCUT2D eigenvalue weighted by Crippen LogP contribution is 2.24. The third kappa shape index (κ3) is 3.23. The van der Waals surface area contributed by atoms with Crippen LogP contribution in [-0.2, 0) is 9.84 Å². The first kappa shape index (κ1) is 13.4. The average molecular weight is 270 g/mol. The van der Waals surface area contributed by atoms with Gasteiger partial charge in [-0.05, 0) is 43.5 Å². The Hall–Kier alpha value is -1.07. The molecule has 0 aromatic heterocycles. The molecule has 0 amide bonds. The molecule has 0 saturated heterocycles. The molecule has 1 N–H and O–H groups in total. The summed E-state index contributed by atoms with van der Waals surface area (Å²) in [5, 5.41) is 9.79. The summed E-state index contributed by atoms with van der Waals surface area (Å²) >= 11 is 0. The lowest BCUT2D eigenvalue weighted by Crippen LogP contribution is -2.34. The third-order valence-corrected chi connectivity index (χ3v) is 4.34. The molecule has 2 atom stereocenters. The minimum Gasteiger partial charge on any atom is -0.488 e. The van der Waals surface area contributed by atoms with Crippen molar-refractivity contribution in [2.45, 2.75) is 42.8 Å². The molecule has 1 aliphatic rings. The third-order valence-electron chi connectivity index (χ3n) is 3.21. The van der Waals surface area contributed by atoms with Crippen molar-refractivity contribution in [1.29, 1.82) is 0 Å². The molecule has 0 aliphatic heterocycles. The first-order chi connectivity index (χ1) is 8.47. The van der Waals surface area contributed by atoms with Crippen LogP contribution in [0.5, 0.6) is 5.75 Å². The first-order valence-electron chi connectivity index (χ1n) is 6.11. The van der Waals surface area contributed by atoms with E-state index in [2.05, 4.69) is 0 Å². The zero-order chi connectivity index (χ0) is 13.2. The van der Waals surface area contributed by atoms with E-state index in [1.54, 1.807) is 12.1 Å². The number of ether oxygens (including phenoxy) is 1. The Morgan fingerprint density at radius 1 is 1.17 bits per heavy atom. The SMILES string of the molecule is CS(=O)(=O)c1ccc(O[C@H]2CCCC[C@@H]2O)cc1. The maximum absolute atomic E-state index is 11.3. The van der Waals surface area contributed by atoms with Crippen molar-refractivity contribution < 1.29 is 18.3 Å². The molecule has 0 unspecified atom stereocenters. The van der Waals surface area contributed by atoms with Gasteiger partial charge >= 0.3 is 0 Å². The largest absolute Gasteiger partial charge is 0.488 e. The lowest BCUT2D eigenvalue weighted by Gasteiger charge is -2.28. The van der Waals surface area contributed by atoms with E-state index < -0.39 is 15.9 Å². The lowest BCUT2D eigenvalue weighted by molar-refractivity contribution is 0.00685. The summed E-state index contributed by atoms with van der Waals surface area (Å²) < 4.78 is 28.3. The van der Waals surface area contributed by atoms with E-state index in [0.717, 1.165) is 25.7 Å². The molecule has 1 aromatic rings. The van der Waals surface area contributed by atoms with Crippen molar-refractivity contribution in [3.05, 3.63) is 24.3 Å². The monoisotopic (exact) mass is 270 g/mol. The van der Waals surface area contributed by atoms with Crippen molar-refractivity contribution >= 4 is 9.84 Å². The van der Waals surface area contributed by atoms with Crippen molar-refractivity contribution in [3.63, 3.8) is 0 Å². The molecule has 2 rings (SSSR count). The molecule has 0 radical (unpaired) electrons. The second-order valence-corrected chi connectivity index (χ2v) is 6.77. The highest BCUT2D eigenvalue weighted by molar-refractivity contribution is 7.90. The Morgan fingerprint density at radius 2 is 1.78 bits per heavy atom. The van der Waals surface area contributed by atoms with Gasteiger partial charge in [0.1, 0.15) is 11.9 Å². The van der Waals surface area contributed by atoms with Crippen LogP contribution in [0, 0.1) is 0 Å². The van der Waals surface area contributed by atoms with E-state index in [1.165, 1.54) is 18.4 Å². The summed E-state index contributed by atoms with van der Waals surface area (Å²) in [6.45, 7) is 0. The Kier molecular flexibility index (Phi) is 3.92. The minimum absolute atomic E-state index is 0.178. The molecule has 5 heteroatoms. The van der Waals surface area contributed by atoms with Crippen molar-refractivity contribution in [2.24, 2.45) is 0 Å². The standard InChI is InChI=1S/C13H18O4S/c1-18(15,16)11-8-6-10(7-9-11)17-13-5-3-2-4-12(13)14/h6-9,12-14H,2-5H2,1H3/t12-,13-/m0/s1. The number of aliphatic hydroxyl groups is 1. The van der Waals surface area contributed by atoms with Gasteiger partial charge in [-0.2, -0.15) is 0 Å². The molecule has 1 aliphatic carbocycles. The Morgan fingerprint density at radius 3 is 2.33 bits per heavy atom. The minimum atomic E-state index is -3.17. The zero-order valence-corrected chi connectivity index (χ0v) is 11.2. The van der Waals surface area contributed by atoms with Gasteiger partial charge in [-0.15, -0.1) is 0 Å². The maximum atomic E-state index is 11.3. The Bertz CT molecular complexity index is 492. The van der Waals surface area contributed by atoms with Gasteiger partial charge in [-0.1, -0.05) is 6.42 Å². The van der Waals surface area contributed by atoms with Crippen LogP contribution in [0.4, 0.5) is 0 Å². The summed E-state index contributed by atoms with van der Waals surface area (Å²) in [5.41, 5.74) is 0. The summed E-state index contributed by atoms with van der Waals surface area (Å²) in [5.74, 6) is 0.605. The summed E-state index contributed by atoms with van der Waals surface area (Å²) in [6.07, 6.45) is 4.28. The lowest BCUT2D eigenvalue weighted by atomic mass is 9.95. The van der Waals surface area contributed by atoms with Crippen LogP contribution in [0.25, 0.3) is 0 Å². The predicted octanol–water partition coefficient (Wildman–Crippen LogP) is 1.77. The number of hydrogen-bond donors (Lipinski definition) is 1. The quantitative estimate of drug-likeness (QED) is 0.909. The number of rotatable bonds is 3. The molecular weight excluding hydrogens is 252 g/mol. The van der Waals surface area contributed by atoms with Crippen LogP contribution in [0.15, 0.2) is 29.2 Å². The van der Waals surface area contributed by atoms with Crippen LogP contribution in [0.3, 0.4) is 0 Å².